The van der Waals surface area contributed by atoms with Crippen LogP contribution in [0.3, 0.4) is 0 Å². The van der Waals surface area contributed by atoms with Crippen LogP contribution in [-0.2, 0) is 11.2 Å². The Morgan fingerprint density at radius 1 is 0.929 bits per heavy atom. The second kappa shape index (κ2) is 7.48. The van der Waals surface area contributed by atoms with Crippen LogP contribution in [0.15, 0.2) is 60.7 Å². The Kier molecular flexibility index (Phi) is 4.72. The molecule has 1 aromatic heterocycles. The molecule has 7 nitrogen and oxygen atoms in total. The molecule has 0 radical (unpaired) electrons. The Balaban J connectivity index is 1.47. The van der Waals surface area contributed by atoms with Crippen LogP contribution in [-0.4, -0.2) is 28.6 Å². The number of rotatable bonds is 4. The number of hydrogen-bond donors (Lipinski definition) is 2. The highest BCUT2D eigenvalue weighted by molar-refractivity contribution is 6.03. The van der Waals surface area contributed by atoms with Gasteiger partial charge in [0.05, 0.1) is 0 Å². The molecule has 0 atom stereocenters. The third kappa shape index (κ3) is 3.68. The minimum atomic E-state index is -0.360. The van der Waals surface area contributed by atoms with Gasteiger partial charge in [-0.25, -0.2) is 0 Å². The quantitative estimate of drug-likeness (QED) is 0.732. The van der Waals surface area contributed by atoms with Gasteiger partial charge in [-0.2, -0.15) is 0 Å². The maximum absolute atomic E-state index is 12.5. The molecule has 0 spiro atoms. The van der Waals surface area contributed by atoms with Crippen LogP contribution in [0.25, 0.3) is 0 Å². The van der Waals surface area contributed by atoms with Crippen molar-refractivity contribution in [2.45, 2.75) is 13.3 Å². The summed E-state index contributed by atoms with van der Waals surface area (Å²) >= 11 is 0. The van der Waals surface area contributed by atoms with Crippen LogP contribution in [0, 0.1) is 0 Å². The number of amides is 2. The van der Waals surface area contributed by atoms with E-state index in [1.54, 1.807) is 36.4 Å². The summed E-state index contributed by atoms with van der Waals surface area (Å²) in [4.78, 5) is 25.7. The Morgan fingerprint density at radius 3 is 2.46 bits per heavy atom. The second-order valence-corrected chi connectivity index (χ2v) is 6.52. The number of carbonyl (C=O) groups is 2. The SMILES string of the molecule is CC(=O)Nc1cccc(NC(=O)c2ccc(N3CCc4ccccc43)nn2)c1. The molecule has 1 aliphatic heterocycles. The summed E-state index contributed by atoms with van der Waals surface area (Å²) < 4.78 is 0. The third-order valence-electron chi connectivity index (χ3n) is 4.49. The van der Waals surface area contributed by atoms with Crippen LogP contribution in [0.5, 0.6) is 0 Å². The Hall–Kier alpha value is -3.74. The van der Waals surface area contributed by atoms with Gasteiger partial charge < -0.3 is 15.5 Å². The molecule has 4 rings (SSSR count). The molecule has 2 aromatic carbocycles. The van der Waals surface area contributed by atoms with Gasteiger partial charge in [0.25, 0.3) is 5.91 Å². The number of para-hydroxylation sites is 1. The van der Waals surface area contributed by atoms with Crippen molar-refractivity contribution < 1.29 is 9.59 Å². The molecule has 3 aromatic rings. The fraction of sp³-hybridized carbons (Fsp3) is 0.143. The van der Waals surface area contributed by atoms with Gasteiger partial charge in [0.1, 0.15) is 0 Å². The first-order chi connectivity index (χ1) is 13.6. The standard InChI is InChI=1S/C21H19N5O2/c1-14(27)22-16-6-4-7-17(13-16)23-21(28)18-9-10-20(25-24-18)26-12-11-15-5-2-3-8-19(15)26/h2-10,13H,11-12H2,1H3,(H,22,27)(H,23,28). The van der Waals surface area contributed by atoms with Gasteiger partial charge in [-0.05, 0) is 48.4 Å². The molecule has 2 amide bonds. The summed E-state index contributed by atoms with van der Waals surface area (Å²) in [6.45, 7) is 2.27. The number of benzene rings is 2. The molecule has 2 N–H and O–H groups in total. The van der Waals surface area contributed by atoms with Crippen LogP contribution in [0.2, 0.25) is 0 Å². The number of fused-ring (bicyclic) bond motifs is 1. The fourth-order valence-electron chi connectivity index (χ4n) is 3.24. The lowest BCUT2D eigenvalue weighted by Gasteiger charge is -2.17. The van der Waals surface area contributed by atoms with Gasteiger partial charge in [-0.1, -0.05) is 24.3 Å². The van der Waals surface area contributed by atoms with Crippen molar-refractivity contribution in [2.75, 3.05) is 22.1 Å². The predicted molar refractivity (Wildman–Crippen MR) is 108 cm³/mol. The minimum Gasteiger partial charge on any atom is -0.326 e. The molecule has 7 heteroatoms. The van der Waals surface area contributed by atoms with Crippen LogP contribution in [0.1, 0.15) is 23.0 Å². The van der Waals surface area contributed by atoms with E-state index in [4.69, 9.17) is 0 Å². The maximum Gasteiger partial charge on any atom is 0.276 e. The molecule has 140 valence electrons. The zero-order chi connectivity index (χ0) is 19.5. The van der Waals surface area contributed by atoms with E-state index < -0.39 is 0 Å². The molecular weight excluding hydrogens is 354 g/mol. The van der Waals surface area contributed by atoms with Gasteiger partial charge >= 0.3 is 0 Å². The van der Waals surface area contributed by atoms with Gasteiger partial charge in [0.2, 0.25) is 5.91 Å². The summed E-state index contributed by atoms with van der Waals surface area (Å²) in [5.74, 6) is 0.184. The summed E-state index contributed by atoms with van der Waals surface area (Å²) in [5.41, 5.74) is 3.81. The predicted octanol–water partition coefficient (Wildman–Crippen LogP) is 3.38. The molecule has 0 saturated carbocycles. The van der Waals surface area contributed by atoms with E-state index in [0.717, 1.165) is 18.7 Å². The summed E-state index contributed by atoms with van der Waals surface area (Å²) in [6, 6.07) is 18.6. The van der Waals surface area contributed by atoms with E-state index in [1.807, 2.05) is 12.1 Å². The summed E-state index contributed by atoms with van der Waals surface area (Å²) in [5, 5.41) is 13.8. The van der Waals surface area contributed by atoms with E-state index >= 15 is 0 Å². The average molecular weight is 373 g/mol. The van der Waals surface area contributed by atoms with Crippen molar-refractivity contribution in [3.63, 3.8) is 0 Å². The molecule has 0 fully saturated rings. The van der Waals surface area contributed by atoms with Crippen molar-refractivity contribution in [3.8, 4) is 0 Å². The largest absolute Gasteiger partial charge is 0.326 e. The molecule has 0 unspecified atom stereocenters. The first kappa shape index (κ1) is 17.7. The van der Waals surface area contributed by atoms with Gasteiger partial charge in [-0.3, -0.25) is 9.59 Å². The van der Waals surface area contributed by atoms with Crippen molar-refractivity contribution >= 4 is 34.7 Å². The molecule has 2 heterocycles. The number of nitrogens with one attached hydrogen (secondary N) is 2. The number of aromatic nitrogens is 2. The van der Waals surface area contributed by atoms with E-state index in [2.05, 4.69) is 37.9 Å². The minimum absolute atomic E-state index is 0.173. The normalized spacial score (nSPS) is 12.4. The van der Waals surface area contributed by atoms with Crippen molar-refractivity contribution in [3.05, 3.63) is 71.9 Å². The number of carbonyl (C=O) groups excluding carboxylic acids is 2. The summed E-state index contributed by atoms with van der Waals surface area (Å²) in [7, 11) is 0. The van der Waals surface area contributed by atoms with E-state index in [9.17, 15) is 9.59 Å². The van der Waals surface area contributed by atoms with E-state index in [0.29, 0.717) is 17.2 Å². The number of anilines is 4. The summed E-state index contributed by atoms with van der Waals surface area (Å²) in [6.07, 6.45) is 0.963. The van der Waals surface area contributed by atoms with Gasteiger partial charge in [0.15, 0.2) is 11.5 Å². The molecule has 1 aliphatic rings. The first-order valence-electron chi connectivity index (χ1n) is 8.98. The molecule has 0 bridgehead atoms. The lowest BCUT2D eigenvalue weighted by Crippen LogP contribution is -2.18. The lowest BCUT2D eigenvalue weighted by molar-refractivity contribution is -0.114. The highest BCUT2D eigenvalue weighted by Crippen LogP contribution is 2.32. The maximum atomic E-state index is 12.5. The monoisotopic (exact) mass is 373 g/mol. The third-order valence-corrected chi connectivity index (χ3v) is 4.49. The topological polar surface area (TPSA) is 87.2 Å². The fourth-order valence-corrected chi connectivity index (χ4v) is 3.24. The zero-order valence-electron chi connectivity index (χ0n) is 15.3. The average Bonchev–Trinajstić information content (AvgIpc) is 3.12. The highest BCUT2D eigenvalue weighted by Gasteiger charge is 2.21. The van der Waals surface area contributed by atoms with Crippen molar-refractivity contribution in [1.29, 1.82) is 0 Å². The first-order valence-corrected chi connectivity index (χ1v) is 8.98. The van der Waals surface area contributed by atoms with Gasteiger partial charge in [-0.15, -0.1) is 10.2 Å². The lowest BCUT2D eigenvalue weighted by atomic mass is 10.2. The molecule has 28 heavy (non-hydrogen) atoms. The van der Waals surface area contributed by atoms with Crippen molar-refractivity contribution in [1.82, 2.24) is 10.2 Å². The van der Waals surface area contributed by atoms with Crippen LogP contribution in [0.4, 0.5) is 22.9 Å². The van der Waals surface area contributed by atoms with Crippen LogP contribution < -0.4 is 15.5 Å². The Labute approximate surface area is 162 Å². The van der Waals surface area contributed by atoms with E-state index in [1.165, 1.54) is 12.5 Å². The zero-order valence-corrected chi connectivity index (χ0v) is 15.3. The van der Waals surface area contributed by atoms with Crippen LogP contribution >= 0.6 is 0 Å². The number of hydrogen-bond acceptors (Lipinski definition) is 5. The van der Waals surface area contributed by atoms with Crippen molar-refractivity contribution in [2.24, 2.45) is 0 Å². The Morgan fingerprint density at radius 2 is 1.71 bits per heavy atom. The smallest absolute Gasteiger partial charge is 0.276 e. The number of nitrogens with zero attached hydrogens (tertiary/aromatic N) is 3. The second-order valence-electron chi connectivity index (χ2n) is 6.52. The molecule has 0 aliphatic carbocycles. The van der Waals surface area contributed by atoms with Gasteiger partial charge in [0, 0.05) is 30.5 Å². The highest BCUT2D eigenvalue weighted by atomic mass is 16.2. The Bertz CT molecular complexity index is 1030. The van der Waals surface area contributed by atoms with E-state index in [-0.39, 0.29) is 17.5 Å². The molecular formula is C21H19N5O2. The molecule has 0 saturated heterocycles.